The topological polar surface area (TPSA) is 37.4 Å². The summed E-state index contributed by atoms with van der Waals surface area (Å²) in [5.41, 5.74) is 3.77. The lowest BCUT2D eigenvalue weighted by Crippen LogP contribution is -2.35. The van der Waals surface area contributed by atoms with Crippen LogP contribution in [0.3, 0.4) is 0 Å². The minimum atomic E-state index is 0.0250. The normalized spacial score (nSPS) is 13.7. The van der Waals surface area contributed by atoms with E-state index >= 15 is 0 Å². The molecule has 0 radical (unpaired) electrons. The predicted molar refractivity (Wildman–Crippen MR) is 76.7 cm³/mol. The van der Waals surface area contributed by atoms with E-state index in [9.17, 15) is 9.59 Å². The highest BCUT2D eigenvalue weighted by atomic mass is 16.2. The van der Waals surface area contributed by atoms with Crippen molar-refractivity contribution < 1.29 is 9.59 Å². The average Bonchev–Trinajstić information content (AvgIpc) is 2.54. The van der Waals surface area contributed by atoms with Gasteiger partial charge >= 0.3 is 0 Å². The molecule has 0 aromatic heterocycles. The number of carbonyl (C=O) groups excluding carboxylic acids is 2. The standard InChI is InChI=1S/C17H15NO2/c19-12-13-5-7-15(8-6-13)17(20)18-10-9-14-3-1-2-4-16(14)11-18/h1-8,12H,9-11H2. The third-order valence-electron chi connectivity index (χ3n) is 3.71. The van der Waals surface area contributed by atoms with E-state index < -0.39 is 0 Å². The molecular formula is C17H15NO2. The van der Waals surface area contributed by atoms with Gasteiger partial charge in [-0.2, -0.15) is 0 Å². The molecule has 2 aromatic rings. The number of amides is 1. The maximum absolute atomic E-state index is 12.4. The number of hydrogen-bond donors (Lipinski definition) is 0. The number of hydrogen-bond acceptors (Lipinski definition) is 2. The smallest absolute Gasteiger partial charge is 0.254 e. The van der Waals surface area contributed by atoms with Gasteiger partial charge < -0.3 is 4.90 Å². The molecule has 0 aliphatic carbocycles. The second-order valence-electron chi connectivity index (χ2n) is 4.99. The second-order valence-corrected chi connectivity index (χ2v) is 4.99. The van der Waals surface area contributed by atoms with Gasteiger partial charge in [0.2, 0.25) is 0 Å². The van der Waals surface area contributed by atoms with Crippen LogP contribution in [0.4, 0.5) is 0 Å². The molecule has 0 bridgehead atoms. The summed E-state index contributed by atoms with van der Waals surface area (Å²) >= 11 is 0. The Labute approximate surface area is 117 Å². The van der Waals surface area contributed by atoms with Gasteiger partial charge in [-0.3, -0.25) is 9.59 Å². The summed E-state index contributed by atoms with van der Waals surface area (Å²) in [5, 5.41) is 0. The van der Waals surface area contributed by atoms with Crippen molar-refractivity contribution in [3.8, 4) is 0 Å². The lowest BCUT2D eigenvalue weighted by Gasteiger charge is -2.29. The predicted octanol–water partition coefficient (Wildman–Crippen LogP) is 2.70. The van der Waals surface area contributed by atoms with E-state index in [1.807, 2.05) is 17.0 Å². The third-order valence-corrected chi connectivity index (χ3v) is 3.71. The fourth-order valence-corrected chi connectivity index (χ4v) is 2.56. The molecule has 1 aliphatic rings. The van der Waals surface area contributed by atoms with Crippen LogP contribution in [0.2, 0.25) is 0 Å². The summed E-state index contributed by atoms with van der Waals surface area (Å²) in [6, 6.07) is 15.0. The third kappa shape index (κ3) is 2.35. The van der Waals surface area contributed by atoms with E-state index in [0.717, 1.165) is 19.3 Å². The Morgan fingerprint density at radius 1 is 1.00 bits per heavy atom. The summed E-state index contributed by atoms with van der Waals surface area (Å²) < 4.78 is 0. The van der Waals surface area contributed by atoms with Crippen molar-refractivity contribution in [2.45, 2.75) is 13.0 Å². The number of carbonyl (C=O) groups is 2. The molecule has 1 aliphatic heterocycles. The number of benzene rings is 2. The van der Waals surface area contributed by atoms with Gasteiger partial charge in [-0.05, 0) is 29.7 Å². The molecule has 0 unspecified atom stereocenters. The Balaban J connectivity index is 1.80. The van der Waals surface area contributed by atoms with Crippen LogP contribution in [-0.4, -0.2) is 23.6 Å². The SMILES string of the molecule is O=Cc1ccc(C(=O)N2CCc3ccccc3C2)cc1. The Bertz CT molecular complexity index is 646. The van der Waals surface area contributed by atoms with Crippen LogP contribution < -0.4 is 0 Å². The number of rotatable bonds is 2. The van der Waals surface area contributed by atoms with E-state index in [1.54, 1.807) is 24.3 Å². The Morgan fingerprint density at radius 2 is 1.70 bits per heavy atom. The lowest BCUT2D eigenvalue weighted by molar-refractivity contribution is 0.0734. The first kappa shape index (κ1) is 12.6. The largest absolute Gasteiger partial charge is 0.334 e. The molecule has 1 heterocycles. The molecule has 0 N–H and O–H groups in total. The van der Waals surface area contributed by atoms with Crippen LogP contribution in [-0.2, 0) is 13.0 Å². The molecule has 0 fully saturated rings. The number of aldehydes is 1. The minimum absolute atomic E-state index is 0.0250. The summed E-state index contributed by atoms with van der Waals surface area (Å²) in [7, 11) is 0. The van der Waals surface area contributed by atoms with Crippen molar-refractivity contribution in [2.75, 3.05) is 6.54 Å². The molecule has 3 heteroatoms. The summed E-state index contributed by atoms with van der Waals surface area (Å²) in [5.74, 6) is 0.0250. The molecule has 3 nitrogen and oxygen atoms in total. The highest BCUT2D eigenvalue weighted by Gasteiger charge is 2.21. The average molecular weight is 265 g/mol. The molecule has 1 amide bonds. The molecule has 0 saturated carbocycles. The van der Waals surface area contributed by atoms with Crippen LogP contribution in [0.1, 0.15) is 31.8 Å². The fourth-order valence-electron chi connectivity index (χ4n) is 2.56. The lowest BCUT2D eigenvalue weighted by atomic mass is 9.99. The van der Waals surface area contributed by atoms with E-state index in [-0.39, 0.29) is 5.91 Å². The zero-order valence-corrected chi connectivity index (χ0v) is 11.1. The van der Waals surface area contributed by atoms with Crippen LogP contribution in [0, 0.1) is 0 Å². The quantitative estimate of drug-likeness (QED) is 0.783. The zero-order chi connectivity index (χ0) is 13.9. The van der Waals surface area contributed by atoms with Crippen molar-refractivity contribution in [3.05, 3.63) is 70.8 Å². The van der Waals surface area contributed by atoms with Gasteiger partial charge in [-0.15, -0.1) is 0 Å². The van der Waals surface area contributed by atoms with E-state index in [2.05, 4.69) is 12.1 Å². The van der Waals surface area contributed by atoms with Crippen molar-refractivity contribution in [1.29, 1.82) is 0 Å². The van der Waals surface area contributed by atoms with E-state index in [0.29, 0.717) is 17.7 Å². The van der Waals surface area contributed by atoms with Gasteiger partial charge in [0.1, 0.15) is 6.29 Å². The van der Waals surface area contributed by atoms with Crippen LogP contribution in [0.5, 0.6) is 0 Å². The first-order valence-corrected chi connectivity index (χ1v) is 6.69. The van der Waals surface area contributed by atoms with Gasteiger partial charge in [0.15, 0.2) is 0 Å². The molecule has 3 rings (SSSR count). The fraction of sp³-hybridized carbons (Fsp3) is 0.176. The van der Waals surface area contributed by atoms with E-state index in [1.165, 1.54) is 11.1 Å². The van der Waals surface area contributed by atoms with Crippen LogP contribution in [0.15, 0.2) is 48.5 Å². The Kier molecular flexibility index (Phi) is 3.33. The molecule has 0 atom stereocenters. The molecular weight excluding hydrogens is 250 g/mol. The monoisotopic (exact) mass is 265 g/mol. The van der Waals surface area contributed by atoms with Gasteiger partial charge in [0.25, 0.3) is 5.91 Å². The van der Waals surface area contributed by atoms with E-state index in [4.69, 9.17) is 0 Å². The number of nitrogens with zero attached hydrogens (tertiary/aromatic N) is 1. The van der Waals surface area contributed by atoms with Crippen LogP contribution in [0.25, 0.3) is 0 Å². The summed E-state index contributed by atoms with van der Waals surface area (Å²) in [6.07, 6.45) is 1.68. The Hall–Kier alpha value is -2.42. The minimum Gasteiger partial charge on any atom is -0.334 e. The van der Waals surface area contributed by atoms with Gasteiger partial charge in [0.05, 0.1) is 0 Å². The maximum Gasteiger partial charge on any atom is 0.254 e. The van der Waals surface area contributed by atoms with Crippen molar-refractivity contribution >= 4 is 12.2 Å². The Morgan fingerprint density at radius 3 is 2.40 bits per heavy atom. The molecule has 20 heavy (non-hydrogen) atoms. The number of fused-ring (bicyclic) bond motifs is 1. The summed E-state index contributed by atoms with van der Waals surface area (Å²) in [6.45, 7) is 1.40. The van der Waals surface area contributed by atoms with Gasteiger partial charge in [0, 0.05) is 24.2 Å². The molecule has 0 spiro atoms. The summed E-state index contributed by atoms with van der Waals surface area (Å²) in [4.78, 5) is 24.9. The van der Waals surface area contributed by atoms with Crippen molar-refractivity contribution in [2.24, 2.45) is 0 Å². The molecule has 0 saturated heterocycles. The first-order chi connectivity index (χ1) is 9.78. The van der Waals surface area contributed by atoms with Crippen LogP contribution >= 0.6 is 0 Å². The van der Waals surface area contributed by atoms with Gasteiger partial charge in [-0.25, -0.2) is 0 Å². The zero-order valence-electron chi connectivity index (χ0n) is 11.1. The molecule has 100 valence electrons. The van der Waals surface area contributed by atoms with Crippen molar-refractivity contribution in [1.82, 2.24) is 4.90 Å². The first-order valence-electron chi connectivity index (χ1n) is 6.69. The highest BCUT2D eigenvalue weighted by Crippen LogP contribution is 2.20. The highest BCUT2D eigenvalue weighted by molar-refractivity contribution is 5.95. The van der Waals surface area contributed by atoms with Gasteiger partial charge in [-0.1, -0.05) is 36.4 Å². The maximum atomic E-state index is 12.4. The second kappa shape index (κ2) is 5.29. The van der Waals surface area contributed by atoms with Crippen molar-refractivity contribution in [3.63, 3.8) is 0 Å². The molecule has 2 aromatic carbocycles.